The van der Waals surface area contributed by atoms with Crippen molar-refractivity contribution in [3.63, 3.8) is 0 Å². The molecule has 0 spiro atoms. The van der Waals surface area contributed by atoms with Crippen LogP contribution in [-0.2, 0) is 36.3 Å². The van der Waals surface area contributed by atoms with Crippen LogP contribution in [0.2, 0.25) is 0 Å². The number of benzene rings is 4. The topological polar surface area (TPSA) is 103 Å². The molecule has 0 fully saturated rings. The third-order valence-corrected chi connectivity index (χ3v) is 7.56. The average Bonchev–Trinajstić information content (AvgIpc) is 3.15. The smallest absolute Gasteiger partial charge is 0.857 e. The Hall–Kier alpha value is -3.95. The van der Waals surface area contributed by atoms with Crippen LogP contribution in [0.4, 0.5) is 101 Å². The molecule has 4 rings (SSSR count). The molecule has 4 aromatic rings. The van der Waals surface area contributed by atoms with Crippen LogP contribution in [0.5, 0.6) is 0 Å². The summed E-state index contributed by atoms with van der Waals surface area (Å²) in [7, 11) is -4.59. The standard InChI is InChI=1S/C24BF20.CHF3O3S.2CH3O.Zr/c26-5-1(6(27)14(35)21(42)13(5)34)25(2-7(28)15(36)22(43)16(37)8(2)29,3-9(30)17(38)23(44)18(39)10(3)31)4-11(32)19(40)24(45)20(41)12(4)33;2-1(3,4)8(5,6)7;2*1-2;/h;(H,5,6,7);2*1H3;/q-1;;2*-1;+4/p-1. The number of halogens is 23. The second-order valence-corrected chi connectivity index (χ2v) is 11.1. The molecule has 0 saturated heterocycles. The molecule has 5 nitrogen and oxygen atoms in total. The summed E-state index contributed by atoms with van der Waals surface area (Å²) in [6.07, 6.45) is -7.22. The van der Waals surface area contributed by atoms with Crippen molar-refractivity contribution in [1.82, 2.24) is 0 Å². The van der Waals surface area contributed by atoms with Crippen molar-refractivity contribution in [2.45, 2.75) is 5.51 Å². The summed E-state index contributed by atoms with van der Waals surface area (Å²) in [4.78, 5) is 0. The molecule has 0 atom stereocenters. The summed E-state index contributed by atoms with van der Waals surface area (Å²) in [6.45, 7) is 0. The van der Waals surface area contributed by atoms with Gasteiger partial charge in [-0.1, -0.05) is 0 Å². The molecule has 0 saturated carbocycles. The molecular formula is C27H6BF23O5SZr. The van der Waals surface area contributed by atoms with Crippen LogP contribution < -0.4 is 32.1 Å². The van der Waals surface area contributed by atoms with Crippen molar-refractivity contribution in [3.05, 3.63) is 116 Å². The predicted molar refractivity (Wildman–Crippen MR) is 137 cm³/mol. The van der Waals surface area contributed by atoms with E-state index in [2.05, 4.69) is 0 Å². The van der Waals surface area contributed by atoms with Gasteiger partial charge in [0.15, 0.2) is 79.9 Å². The van der Waals surface area contributed by atoms with Gasteiger partial charge in [0.1, 0.15) is 52.7 Å². The van der Waals surface area contributed by atoms with E-state index < -0.39 is 160 Å². The second-order valence-electron chi connectivity index (χ2n) is 9.70. The van der Waals surface area contributed by atoms with Gasteiger partial charge in [-0.2, -0.15) is 27.4 Å². The van der Waals surface area contributed by atoms with Gasteiger partial charge in [-0.15, -0.1) is 21.9 Å². The van der Waals surface area contributed by atoms with Crippen LogP contribution >= 0.6 is 0 Å². The fraction of sp³-hybridized carbons (Fsp3) is 0.111. The fourth-order valence-corrected chi connectivity index (χ4v) is 4.87. The number of hydrogen-bond donors (Lipinski definition) is 0. The molecule has 31 heteroatoms. The molecule has 318 valence electrons. The van der Waals surface area contributed by atoms with Gasteiger partial charge in [0.2, 0.25) is 0 Å². The molecule has 0 amide bonds. The SMILES string of the molecule is C[O-].C[O-].Fc1c(F)c(F)c([B-](c2c(F)c(F)c(F)c(F)c2F)(c2c(F)c(F)c(F)c(F)c2F)c2c(F)c(F)c(F)c(F)c2F)c(F)c1F.O=S(=O)([O-])C(F)(F)F.[Zr+4]. The molecular weight excluding hydrogens is 975 g/mol. The Morgan fingerprint density at radius 2 is 0.414 bits per heavy atom. The van der Waals surface area contributed by atoms with Gasteiger partial charge >= 0.3 is 31.7 Å². The van der Waals surface area contributed by atoms with Gasteiger partial charge in [-0.3, -0.25) is 0 Å². The van der Waals surface area contributed by atoms with Gasteiger partial charge in [-0.05, 0) is 0 Å². The summed E-state index contributed by atoms with van der Waals surface area (Å²) >= 11 is 0. The minimum Gasteiger partial charge on any atom is -0.857 e. The molecule has 0 aliphatic carbocycles. The zero-order valence-electron chi connectivity index (χ0n) is 26.7. The van der Waals surface area contributed by atoms with Crippen molar-refractivity contribution < 1.29 is 150 Å². The Labute approximate surface area is 324 Å². The Balaban J connectivity index is 0.00000220. The van der Waals surface area contributed by atoms with Crippen LogP contribution in [0, 0.1) is 116 Å². The summed E-state index contributed by atoms with van der Waals surface area (Å²) in [5, 5.41) is 16.5. The maximum absolute atomic E-state index is 15.4. The number of rotatable bonds is 4. The molecule has 0 aliphatic rings. The van der Waals surface area contributed by atoms with Crippen molar-refractivity contribution >= 4 is 38.1 Å². The van der Waals surface area contributed by atoms with Crippen LogP contribution in [0.1, 0.15) is 0 Å². The zero-order chi connectivity index (χ0) is 45.4. The van der Waals surface area contributed by atoms with E-state index in [9.17, 15) is 65.9 Å². The maximum Gasteiger partial charge on any atom is 4.00 e. The summed E-state index contributed by atoms with van der Waals surface area (Å²) in [6, 6.07) is 0. The Bertz CT molecular complexity index is 1940. The van der Waals surface area contributed by atoms with E-state index in [1.165, 1.54) is 0 Å². The first-order valence-electron chi connectivity index (χ1n) is 13.0. The van der Waals surface area contributed by atoms with E-state index in [1.807, 2.05) is 0 Å². The minimum atomic E-state index is -7.22. The van der Waals surface area contributed by atoms with E-state index in [-0.39, 0.29) is 26.2 Å². The molecule has 0 N–H and O–H groups in total. The van der Waals surface area contributed by atoms with E-state index in [4.69, 9.17) is 23.2 Å². The molecule has 0 unspecified atom stereocenters. The molecule has 0 heterocycles. The maximum atomic E-state index is 15.4. The quantitative estimate of drug-likeness (QED) is 0.0774. The molecule has 4 aromatic carbocycles. The molecule has 0 bridgehead atoms. The first-order chi connectivity index (χ1) is 26.0. The third kappa shape index (κ3) is 8.67. The van der Waals surface area contributed by atoms with Gasteiger partial charge in [0.05, 0.1) is 0 Å². The van der Waals surface area contributed by atoms with E-state index in [1.54, 1.807) is 0 Å². The van der Waals surface area contributed by atoms with E-state index in [0.717, 1.165) is 14.2 Å². The van der Waals surface area contributed by atoms with Crippen molar-refractivity contribution in [2.75, 3.05) is 14.2 Å². The fourth-order valence-electron chi connectivity index (χ4n) is 4.87. The average molecular weight is 981 g/mol. The van der Waals surface area contributed by atoms with Crippen molar-refractivity contribution in [1.29, 1.82) is 0 Å². The van der Waals surface area contributed by atoms with Crippen LogP contribution in [0.15, 0.2) is 0 Å². The van der Waals surface area contributed by atoms with Gasteiger partial charge in [0.25, 0.3) is 0 Å². The normalized spacial score (nSPS) is 11.4. The van der Waals surface area contributed by atoms with Gasteiger partial charge in [0, 0.05) is 0 Å². The summed E-state index contributed by atoms with van der Waals surface area (Å²) in [5.74, 6) is -71.4. The van der Waals surface area contributed by atoms with Gasteiger partial charge < -0.3 is 14.8 Å². The monoisotopic (exact) mass is 980 g/mol. The Kier molecular flexibility index (Phi) is 18.1. The summed E-state index contributed by atoms with van der Waals surface area (Å²) < 4.78 is 353. The second kappa shape index (κ2) is 19.4. The first-order valence-corrected chi connectivity index (χ1v) is 14.4. The molecule has 0 aromatic heterocycles. The van der Waals surface area contributed by atoms with Crippen LogP contribution in [0.25, 0.3) is 0 Å². The largest absolute Gasteiger partial charge is 4.00 e. The van der Waals surface area contributed by atoms with Crippen molar-refractivity contribution in [3.8, 4) is 0 Å². The molecule has 0 radical (unpaired) electrons. The third-order valence-electron chi connectivity index (χ3n) is 6.99. The number of alkyl halides is 3. The minimum absolute atomic E-state index is 0. The first kappa shape index (κ1) is 54.0. The van der Waals surface area contributed by atoms with E-state index in [0.29, 0.717) is 0 Å². The predicted octanol–water partition coefficient (Wildman–Crippen LogP) is 3.85. The summed E-state index contributed by atoms with van der Waals surface area (Å²) in [5.41, 5.74) is -20.0. The Morgan fingerprint density at radius 3 is 0.500 bits per heavy atom. The zero-order valence-corrected chi connectivity index (χ0v) is 30.0. The van der Waals surface area contributed by atoms with Crippen molar-refractivity contribution in [2.24, 2.45) is 0 Å². The number of hydrogen-bond acceptors (Lipinski definition) is 5. The van der Waals surface area contributed by atoms with Crippen LogP contribution in [-0.4, -0.2) is 38.8 Å². The molecule has 58 heavy (non-hydrogen) atoms. The van der Waals surface area contributed by atoms with E-state index >= 15 is 35.1 Å². The molecule has 0 aliphatic heterocycles. The van der Waals surface area contributed by atoms with Gasteiger partial charge in [-0.25, -0.2) is 96.2 Å². The Morgan fingerprint density at radius 1 is 0.328 bits per heavy atom. The van der Waals surface area contributed by atoms with Crippen LogP contribution in [0.3, 0.4) is 0 Å².